The van der Waals surface area contributed by atoms with Crippen molar-refractivity contribution < 1.29 is 9.32 Å². The number of H-pyrrole nitrogens is 1. The molecule has 0 unspecified atom stereocenters. The van der Waals surface area contributed by atoms with Crippen LogP contribution in [-0.2, 0) is 6.54 Å². The summed E-state index contributed by atoms with van der Waals surface area (Å²) in [5.74, 6) is 0.914. The van der Waals surface area contributed by atoms with Crippen molar-refractivity contribution in [3.63, 3.8) is 0 Å². The summed E-state index contributed by atoms with van der Waals surface area (Å²) in [7, 11) is 1.72. The van der Waals surface area contributed by atoms with Crippen molar-refractivity contribution in [1.29, 1.82) is 0 Å². The Morgan fingerprint density at radius 3 is 3.00 bits per heavy atom. The number of nitrogens with zero attached hydrogens (tertiary/aromatic N) is 3. The van der Waals surface area contributed by atoms with Gasteiger partial charge in [-0.2, -0.15) is 4.98 Å². The minimum atomic E-state index is -0.0797. The molecule has 0 saturated carbocycles. The zero-order valence-corrected chi connectivity index (χ0v) is 11.3. The van der Waals surface area contributed by atoms with Gasteiger partial charge >= 0.3 is 0 Å². The number of fused-ring (bicyclic) bond motifs is 1. The Hall–Kier alpha value is -2.63. The van der Waals surface area contributed by atoms with E-state index in [1.807, 2.05) is 30.5 Å². The van der Waals surface area contributed by atoms with Crippen molar-refractivity contribution in [2.24, 2.45) is 0 Å². The van der Waals surface area contributed by atoms with Crippen LogP contribution in [0.3, 0.4) is 0 Å². The second-order valence-electron chi connectivity index (χ2n) is 4.67. The van der Waals surface area contributed by atoms with Crippen molar-refractivity contribution in [2.45, 2.75) is 13.5 Å². The van der Waals surface area contributed by atoms with E-state index < -0.39 is 0 Å². The SMILES string of the molecule is Cc1nc(CN(C)C(=O)c2ccc3cc[nH]c3c2)no1. The van der Waals surface area contributed by atoms with Crippen molar-refractivity contribution in [3.05, 3.63) is 47.7 Å². The highest BCUT2D eigenvalue weighted by atomic mass is 16.5. The van der Waals surface area contributed by atoms with Crippen LogP contribution in [-0.4, -0.2) is 33.0 Å². The number of amides is 1. The van der Waals surface area contributed by atoms with Crippen LogP contribution in [0.2, 0.25) is 0 Å². The third-order valence-corrected chi connectivity index (χ3v) is 3.10. The minimum Gasteiger partial charge on any atom is -0.361 e. The van der Waals surface area contributed by atoms with Gasteiger partial charge in [0.05, 0.1) is 6.54 Å². The van der Waals surface area contributed by atoms with Crippen LogP contribution in [0.4, 0.5) is 0 Å². The molecule has 0 atom stereocenters. The second-order valence-corrected chi connectivity index (χ2v) is 4.67. The van der Waals surface area contributed by atoms with Crippen molar-refractivity contribution in [1.82, 2.24) is 20.0 Å². The molecule has 0 aliphatic rings. The molecule has 0 fully saturated rings. The highest BCUT2D eigenvalue weighted by Gasteiger charge is 2.15. The number of carbonyl (C=O) groups excluding carboxylic acids is 1. The molecule has 2 heterocycles. The normalized spacial score (nSPS) is 10.9. The first kappa shape index (κ1) is 12.4. The lowest BCUT2D eigenvalue weighted by molar-refractivity contribution is 0.0781. The topological polar surface area (TPSA) is 75.0 Å². The van der Waals surface area contributed by atoms with E-state index in [1.165, 1.54) is 0 Å². The molecule has 0 aliphatic carbocycles. The van der Waals surface area contributed by atoms with E-state index in [9.17, 15) is 4.79 Å². The molecule has 0 spiro atoms. The van der Waals surface area contributed by atoms with Gasteiger partial charge in [0, 0.05) is 31.2 Å². The van der Waals surface area contributed by atoms with Crippen molar-refractivity contribution >= 4 is 16.8 Å². The van der Waals surface area contributed by atoms with Crippen LogP contribution in [0.1, 0.15) is 22.1 Å². The minimum absolute atomic E-state index is 0.0797. The molecule has 0 aliphatic heterocycles. The van der Waals surface area contributed by atoms with Crippen molar-refractivity contribution in [2.75, 3.05) is 7.05 Å². The van der Waals surface area contributed by atoms with E-state index in [4.69, 9.17) is 4.52 Å². The molecule has 2 aromatic heterocycles. The van der Waals surface area contributed by atoms with Crippen molar-refractivity contribution in [3.8, 4) is 0 Å². The Morgan fingerprint density at radius 1 is 1.40 bits per heavy atom. The van der Waals surface area contributed by atoms with Gasteiger partial charge in [-0.15, -0.1) is 0 Å². The molecule has 20 heavy (non-hydrogen) atoms. The molecular weight excluding hydrogens is 256 g/mol. The number of nitrogens with one attached hydrogen (secondary N) is 1. The van der Waals surface area contributed by atoms with Gasteiger partial charge in [-0.3, -0.25) is 4.79 Å². The summed E-state index contributed by atoms with van der Waals surface area (Å²) in [4.78, 5) is 21.1. The fraction of sp³-hybridized carbons (Fsp3) is 0.214. The first-order chi connectivity index (χ1) is 9.63. The summed E-state index contributed by atoms with van der Waals surface area (Å²) < 4.78 is 4.89. The summed E-state index contributed by atoms with van der Waals surface area (Å²) in [5, 5.41) is 4.87. The number of rotatable bonds is 3. The molecule has 6 heteroatoms. The first-order valence-electron chi connectivity index (χ1n) is 6.25. The van der Waals surface area contributed by atoms with Crippen LogP contribution in [0.5, 0.6) is 0 Å². The third-order valence-electron chi connectivity index (χ3n) is 3.10. The highest BCUT2D eigenvalue weighted by Crippen LogP contribution is 2.15. The number of benzene rings is 1. The maximum atomic E-state index is 12.3. The summed E-state index contributed by atoms with van der Waals surface area (Å²) in [6.45, 7) is 2.04. The van der Waals surface area contributed by atoms with E-state index in [1.54, 1.807) is 18.9 Å². The molecule has 0 saturated heterocycles. The lowest BCUT2D eigenvalue weighted by Gasteiger charge is -2.15. The second kappa shape index (κ2) is 4.80. The molecular formula is C14H14N4O2. The monoisotopic (exact) mass is 270 g/mol. The highest BCUT2D eigenvalue weighted by molar-refractivity contribution is 5.97. The molecule has 0 radical (unpaired) electrons. The van der Waals surface area contributed by atoms with E-state index >= 15 is 0 Å². The lowest BCUT2D eigenvalue weighted by atomic mass is 10.1. The summed E-state index contributed by atoms with van der Waals surface area (Å²) in [5.41, 5.74) is 1.57. The van der Waals surface area contributed by atoms with Crippen LogP contribution in [0.15, 0.2) is 35.0 Å². The van der Waals surface area contributed by atoms with E-state index in [-0.39, 0.29) is 5.91 Å². The molecule has 0 bridgehead atoms. The number of aromatic nitrogens is 3. The average molecular weight is 270 g/mol. The number of aromatic amines is 1. The van der Waals surface area contributed by atoms with Gasteiger partial charge in [0.2, 0.25) is 5.89 Å². The third kappa shape index (κ3) is 2.27. The predicted octanol–water partition coefficient (Wildman–Crippen LogP) is 2.13. The molecule has 6 nitrogen and oxygen atoms in total. The zero-order valence-electron chi connectivity index (χ0n) is 11.3. The Balaban J connectivity index is 1.80. The fourth-order valence-corrected chi connectivity index (χ4v) is 2.09. The molecule has 3 rings (SSSR count). The fourth-order valence-electron chi connectivity index (χ4n) is 2.09. The maximum Gasteiger partial charge on any atom is 0.254 e. The van der Waals surface area contributed by atoms with Crippen LogP contribution >= 0.6 is 0 Å². The quantitative estimate of drug-likeness (QED) is 0.791. The molecule has 1 N–H and O–H groups in total. The molecule has 3 aromatic rings. The summed E-state index contributed by atoms with van der Waals surface area (Å²) in [6, 6.07) is 7.55. The van der Waals surface area contributed by atoms with E-state index in [0.29, 0.717) is 23.8 Å². The zero-order chi connectivity index (χ0) is 14.1. The lowest BCUT2D eigenvalue weighted by Crippen LogP contribution is -2.26. The molecule has 1 amide bonds. The number of carbonyl (C=O) groups is 1. The maximum absolute atomic E-state index is 12.3. The van der Waals surface area contributed by atoms with Gasteiger partial charge < -0.3 is 14.4 Å². The Kier molecular flexibility index (Phi) is 2.98. The molecule has 1 aromatic carbocycles. The Labute approximate surface area is 115 Å². The van der Waals surface area contributed by atoms with Gasteiger partial charge in [0.25, 0.3) is 5.91 Å². The Morgan fingerprint density at radius 2 is 2.25 bits per heavy atom. The smallest absolute Gasteiger partial charge is 0.254 e. The summed E-state index contributed by atoms with van der Waals surface area (Å²) in [6.07, 6.45) is 1.85. The van der Waals surface area contributed by atoms with E-state index in [0.717, 1.165) is 10.9 Å². The predicted molar refractivity (Wildman–Crippen MR) is 73.1 cm³/mol. The number of hydrogen-bond acceptors (Lipinski definition) is 4. The van der Waals surface area contributed by atoms with Gasteiger partial charge in [-0.25, -0.2) is 0 Å². The van der Waals surface area contributed by atoms with Crippen LogP contribution in [0.25, 0.3) is 10.9 Å². The van der Waals surface area contributed by atoms with E-state index in [2.05, 4.69) is 15.1 Å². The van der Waals surface area contributed by atoms with Gasteiger partial charge in [-0.05, 0) is 23.6 Å². The van der Waals surface area contributed by atoms with Gasteiger partial charge in [0.1, 0.15) is 0 Å². The van der Waals surface area contributed by atoms with Gasteiger partial charge in [0.15, 0.2) is 5.82 Å². The largest absolute Gasteiger partial charge is 0.361 e. The first-order valence-corrected chi connectivity index (χ1v) is 6.25. The average Bonchev–Trinajstić information content (AvgIpc) is 3.05. The number of hydrogen-bond donors (Lipinski definition) is 1. The number of aryl methyl sites for hydroxylation is 1. The van der Waals surface area contributed by atoms with Gasteiger partial charge in [-0.1, -0.05) is 11.2 Å². The van der Waals surface area contributed by atoms with Crippen LogP contribution < -0.4 is 0 Å². The standard InChI is InChI=1S/C14H14N4O2/c1-9-16-13(17-20-9)8-18(2)14(19)11-4-3-10-5-6-15-12(10)7-11/h3-7,15H,8H2,1-2H3. The molecule has 102 valence electrons. The summed E-state index contributed by atoms with van der Waals surface area (Å²) >= 11 is 0. The Bertz CT molecular complexity index is 759. The van der Waals surface area contributed by atoms with Crippen LogP contribution in [0, 0.1) is 6.92 Å².